The summed E-state index contributed by atoms with van der Waals surface area (Å²) in [6, 6.07) is 5.81. The molecule has 1 aromatic rings. The molecule has 1 saturated carbocycles. The molecule has 2 aliphatic rings. The number of benzene rings is 1. The quantitative estimate of drug-likeness (QED) is 0.854. The summed E-state index contributed by atoms with van der Waals surface area (Å²) in [5, 5.41) is 14.2. The predicted molar refractivity (Wildman–Crippen MR) is 77.3 cm³/mol. The fourth-order valence-electron chi connectivity index (χ4n) is 3.77. The second kappa shape index (κ2) is 5.02. The molecule has 110 valence electrons. The average Bonchev–Trinajstić information content (AvgIpc) is 2.96. The van der Waals surface area contributed by atoms with Crippen LogP contribution in [0.5, 0.6) is 0 Å². The van der Waals surface area contributed by atoms with Crippen LogP contribution in [0.1, 0.15) is 17.5 Å². The Kier molecular flexibility index (Phi) is 3.32. The van der Waals surface area contributed by atoms with Crippen molar-refractivity contribution in [2.24, 2.45) is 23.7 Å². The van der Waals surface area contributed by atoms with Gasteiger partial charge in [-0.15, -0.1) is 0 Å². The van der Waals surface area contributed by atoms with E-state index in [2.05, 4.69) is 5.32 Å². The molecule has 4 heteroatoms. The van der Waals surface area contributed by atoms with E-state index in [1.54, 1.807) is 0 Å². The molecule has 0 saturated heterocycles. The van der Waals surface area contributed by atoms with Crippen LogP contribution in [0.15, 0.2) is 30.4 Å². The fourth-order valence-corrected chi connectivity index (χ4v) is 3.77. The number of hydrogen-bond donors (Lipinski definition) is 1. The van der Waals surface area contributed by atoms with E-state index in [0.717, 1.165) is 23.2 Å². The normalized spacial score (nSPS) is 29.6. The summed E-state index contributed by atoms with van der Waals surface area (Å²) in [4.78, 5) is 23.8. The second-order valence-corrected chi connectivity index (χ2v) is 6.18. The number of carboxylic acids is 1. The predicted octanol–water partition coefficient (Wildman–Crippen LogP) is 1.43. The van der Waals surface area contributed by atoms with E-state index in [4.69, 9.17) is 0 Å². The van der Waals surface area contributed by atoms with Gasteiger partial charge < -0.3 is 15.2 Å². The van der Waals surface area contributed by atoms with Crippen molar-refractivity contribution in [1.29, 1.82) is 0 Å². The van der Waals surface area contributed by atoms with Gasteiger partial charge in [0.05, 0.1) is 5.92 Å². The molecule has 21 heavy (non-hydrogen) atoms. The Morgan fingerprint density at radius 3 is 2.19 bits per heavy atom. The summed E-state index contributed by atoms with van der Waals surface area (Å²) in [5.41, 5.74) is 2.85. The molecular weight excluding hydrogens is 266 g/mol. The molecule has 0 radical (unpaired) electrons. The van der Waals surface area contributed by atoms with E-state index in [0.29, 0.717) is 0 Å². The summed E-state index contributed by atoms with van der Waals surface area (Å²) >= 11 is 0. The number of rotatable bonds is 3. The first kappa shape index (κ1) is 13.9. The van der Waals surface area contributed by atoms with Crippen LogP contribution in [0.25, 0.3) is 0 Å². The van der Waals surface area contributed by atoms with Crippen LogP contribution in [0.3, 0.4) is 0 Å². The Morgan fingerprint density at radius 1 is 1.05 bits per heavy atom. The van der Waals surface area contributed by atoms with Gasteiger partial charge in [0.1, 0.15) is 0 Å². The minimum absolute atomic E-state index is 0.0174. The Hall–Kier alpha value is -2.10. The van der Waals surface area contributed by atoms with Crippen molar-refractivity contribution in [1.82, 2.24) is 0 Å². The van der Waals surface area contributed by atoms with Crippen LogP contribution in [0, 0.1) is 37.5 Å². The lowest BCUT2D eigenvalue weighted by atomic mass is 9.82. The van der Waals surface area contributed by atoms with Crippen molar-refractivity contribution >= 4 is 17.6 Å². The molecule has 1 fully saturated rings. The van der Waals surface area contributed by atoms with Gasteiger partial charge in [0.25, 0.3) is 0 Å². The molecule has 2 bridgehead atoms. The minimum Gasteiger partial charge on any atom is -0.550 e. The zero-order valence-electron chi connectivity index (χ0n) is 12.1. The fraction of sp³-hybridized carbons (Fsp3) is 0.412. The molecule has 0 aromatic heterocycles. The highest BCUT2D eigenvalue weighted by Crippen LogP contribution is 2.48. The molecule has 4 atom stereocenters. The highest BCUT2D eigenvalue weighted by Gasteiger charge is 2.48. The summed E-state index contributed by atoms with van der Waals surface area (Å²) < 4.78 is 0. The number of nitrogens with one attached hydrogen (secondary N) is 1. The summed E-state index contributed by atoms with van der Waals surface area (Å²) in [6.07, 6.45) is 4.62. The molecule has 1 aromatic carbocycles. The smallest absolute Gasteiger partial charge is 0.228 e. The van der Waals surface area contributed by atoms with Crippen molar-refractivity contribution in [2.75, 3.05) is 5.32 Å². The van der Waals surface area contributed by atoms with Crippen LogP contribution in [-0.2, 0) is 9.59 Å². The zero-order chi connectivity index (χ0) is 15.1. The number of aryl methyl sites for hydroxylation is 2. The van der Waals surface area contributed by atoms with E-state index < -0.39 is 17.8 Å². The third-order valence-corrected chi connectivity index (χ3v) is 4.52. The average molecular weight is 284 g/mol. The maximum absolute atomic E-state index is 12.5. The maximum atomic E-state index is 12.5. The van der Waals surface area contributed by atoms with Gasteiger partial charge in [-0.25, -0.2) is 0 Å². The number of fused-ring (bicyclic) bond motifs is 2. The lowest BCUT2D eigenvalue weighted by Gasteiger charge is -2.27. The van der Waals surface area contributed by atoms with Crippen LogP contribution in [0.4, 0.5) is 5.69 Å². The molecule has 4 nitrogen and oxygen atoms in total. The summed E-state index contributed by atoms with van der Waals surface area (Å²) in [6.45, 7) is 3.93. The SMILES string of the molecule is Cc1cc(C)cc(NC(=O)[C@H]2[C@@H](C(=O)[O-])[C@H]3C=C[C@@H]2C3)c1. The molecule has 3 rings (SSSR count). The van der Waals surface area contributed by atoms with E-state index in [1.165, 1.54) is 0 Å². The Bertz CT molecular complexity index is 615. The molecular formula is C17H18NO3-. The zero-order valence-corrected chi connectivity index (χ0v) is 12.1. The van der Waals surface area contributed by atoms with E-state index >= 15 is 0 Å². The first-order valence-electron chi connectivity index (χ1n) is 7.24. The number of hydrogen-bond acceptors (Lipinski definition) is 3. The van der Waals surface area contributed by atoms with Crippen molar-refractivity contribution in [3.05, 3.63) is 41.5 Å². The third kappa shape index (κ3) is 2.46. The first-order valence-corrected chi connectivity index (χ1v) is 7.24. The largest absolute Gasteiger partial charge is 0.550 e. The number of anilines is 1. The number of carboxylic acid groups (broad SMARTS) is 1. The molecule has 0 unspecified atom stereocenters. The molecule has 0 aliphatic heterocycles. The van der Waals surface area contributed by atoms with Crippen molar-refractivity contribution < 1.29 is 14.7 Å². The van der Waals surface area contributed by atoms with E-state index in [9.17, 15) is 14.7 Å². The first-order chi connectivity index (χ1) is 9.95. The molecule has 0 heterocycles. The van der Waals surface area contributed by atoms with Crippen LogP contribution in [-0.4, -0.2) is 11.9 Å². The van der Waals surface area contributed by atoms with Crippen LogP contribution < -0.4 is 10.4 Å². The van der Waals surface area contributed by atoms with Gasteiger partial charge in [0, 0.05) is 17.6 Å². The van der Waals surface area contributed by atoms with Gasteiger partial charge >= 0.3 is 0 Å². The lowest BCUT2D eigenvalue weighted by Crippen LogP contribution is -2.42. The topological polar surface area (TPSA) is 69.2 Å². The monoisotopic (exact) mass is 284 g/mol. The van der Waals surface area contributed by atoms with Gasteiger partial charge in [-0.05, 0) is 55.4 Å². The standard InChI is InChI=1S/C17H19NO3/c1-9-5-10(2)7-13(6-9)18-16(19)14-11-3-4-12(8-11)15(14)17(20)21/h3-7,11-12,14-15H,8H2,1-2H3,(H,18,19)(H,20,21)/p-1/t11-,12+,14-,15+/m1/s1. The Balaban J connectivity index is 1.82. The van der Waals surface area contributed by atoms with Crippen molar-refractivity contribution in [3.63, 3.8) is 0 Å². The number of allylic oxidation sites excluding steroid dienone is 2. The molecule has 1 N–H and O–H groups in total. The van der Waals surface area contributed by atoms with Crippen LogP contribution >= 0.6 is 0 Å². The molecule has 2 aliphatic carbocycles. The lowest BCUT2D eigenvalue weighted by molar-refractivity contribution is -0.313. The second-order valence-electron chi connectivity index (χ2n) is 6.18. The summed E-state index contributed by atoms with van der Waals surface area (Å²) in [7, 11) is 0. The minimum atomic E-state index is -1.12. The van der Waals surface area contributed by atoms with Gasteiger partial charge in [0.2, 0.25) is 5.91 Å². The summed E-state index contributed by atoms with van der Waals surface area (Å²) in [5.74, 6) is -2.60. The number of amides is 1. The van der Waals surface area contributed by atoms with Gasteiger partial charge in [-0.2, -0.15) is 0 Å². The maximum Gasteiger partial charge on any atom is 0.228 e. The van der Waals surface area contributed by atoms with Gasteiger partial charge in [-0.1, -0.05) is 18.2 Å². The van der Waals surface area contributed by atoms with E-state index in [-0.39, 0.29) is 17.7 Å². The Labute approximate surface area is 123 Å². The van der Waals surface area contributed by atoms with Gasteiger partial charge in [-0.3, -0.25) is 4.79 Å². The number of carbonyl (C=O) groups excluding carboxylic acids is 2. The number of aliphatic carboxylic acids is 1. The van der Waals surface area contributed by atoms with Gasteiger partial charge in [0.15, 0.2) is 0 Å². The van der Waals surface area contributed by atoms with E-state index in [1.807, 2.05) is 44.2 Å². The van der Waals surface area contributed by atoms with Crippen molar-refractivity contribution in [2.45, 2.75) is 20.3 Å². The third-order valence-electron chi connectivity index (χ3n) is 4.52. The Morgan fingerprint density at radius 2 is 1.62 bits per heavy atom. The van der Waals surface area contributed by atoms with Crippen molar-refractivity contribution in [3.8, 4) is 0 Å². The number of carbonyl (C=O) groups is 2. The molecule has 1 amide bonds. The highest BCUT2D eigenvalue weighted by molar-refractivity contribution is 5.96. The highest BCUT2D eigenvalue weighted by atomic mass is 16.4. The molecule has 0 spiro atoms. The van der Waals surface area contributed by atoms with Crippen LogP contribution in [0.2, 0.25) is 0 Å².